The van der Waals surface area contributed by atoms with Crippen LogP contribution in [0.25, 0.3) is 0 Å². The second kappa shape index (κ2) is 7.24. The first-order chi connectivity index (χ1) is 9.63. The Labute approximate surface area is 130 Å². The number of carboxylic acids is 1. The molecule has 1 aromatic rings. The molecular formula is C14H20ClNO4S. The zero-order valence-corrected chi connectivity index (χ0v) is 13.8. The highest BCUT2D eigenvalue weighted by atomic mass is 35.5. The van der Waals surface area contributed by atoms with Gasteiger partial charge in [0.05, 0.1) is 10.9 Å². The summed E-state index contributed by atoms with van der Waals surface area (Å²) in [5.41, 5.74) is 0.761. The topological polar surface area (TPSA) is 83.5 Å². The second-order valence-corrected chi connectivity index (χ2v) is 7.59. The Kier molecular flexibility index (Phi) is 6.19. The number of aliphatic carboxylic acids is 1. The lowest BCUT2D eigenvalue weighted by atomic mass is 9.98. The summed E-state index contributed by atoms with van der Waals surface area (Å²) >= 11 is 5.91. The molecule has 1 atom stereocenters. The maximum atomic E-state index is 12.2. The molecule has 0 heterocycles. The van der Waals surface area contributed by atoms with Gasteiger partial charge in [0.25, 0.3) is 0 Å². The molecule has 1 rings (SSSR count). The zero-order valence-electron chi connectivity index (χ0n) is 12.3. The average molecular weight is 334 g/mol. The molecule has 0 amide bonds. The van der Waals surface area contributed by atoms with Crippen LogP contribution in [0.1, 0.15) is 25.8 Å². The number of sulfonamides is 1. The normalized spacial score (nSPS) is 13.4. The zero-order chi connectivity index (χ0) is 16.2. The van der Waals surface area contributed by atoms with Gasteiger partial charge in [-0.05, 0) is 37.0 Å². The summed E-state index contributed by atoms with van der Waals surface area (Å²) in [5.74, 6) is -1.61. The number of halogens is 1. The lowest BCUT2D eigenvalue weighted by molar-refractivity contribution is -0.142. The van der Waals surface area contributed by atoms with Gasteiger partial charge >= 0.3 is 5.97 Å². The molecule has 7 heteroatoms. The van der Waals surface area contributed by atoms with Crippen molar-refractivity contribution in [3.05, 3.63) is 28.8 Å². The highest BCUT2D eigenvalue weighted by Crippen LogP contribution is 2.22. The van der Waals surface area contributed by atoms with E-state index in [9.17, 15) is 13.2 Å². The molecule has 0 aliphatic heterocycles. The van der Waals surface area contributed by atoms with Crippen LogP contribution in [0, 0.1) is 18.8 Å². The Morgan fingerprint density at radius 1 is 1.38 bits per heavy atom. The van der Waals surface area contributed by atoms with Crippen LogP contribution < -0.4 is 4.72 Å². The Morgan fingerprint density at radius 2 is 2.00 bits per heavy atom. The van der Waals surface area contributed by atoms with Crippen molar-refractivity contribution in [1.29, 1.82) is 0 Å². The number of nitrogens with one attached hydrogen (secondary N) is 1. The van der Waals surface area contributed by atoms with Crippen LogP contribution in [-0.4, -0.2) is 26.0 Å². The third-order valence-corrected chi connectivity index (χ3v) is 4.91. The van der Waals surface area contributed by atoms with Gasteiger partial charge < -0.3 is 5.11 Å². The maximum Gasteiger partial charge on any atom is 0.307 e. The van der Waals surface area contributed by atoms with Crippen molar-refractivity contribution in [3.63, 3.8) is 0 Å². The number of aryl methyl sites for hydroxylation is 1. The van der Waals surface area contributed by atoms with Crippen molar-refractivity contribution in [1.82, 2.24) is 4.72 Å². The minimum Gasteiger partial charge on any atom is -0.481 e. The predicted octanol–water partition coefficient (Wildman–Crippen LogP) is 2.67. The van der Waals surface area contributed by atoms with Crippen LogP contribution in [-0.2, 0) is 14.8 Å². The summed E-state index contributed by atoms with van der Waals surface area (Å²) in [7, 11) is -3.82. The Balaban J connectivity index is 2.89. The lowest BCUT2D eigenvalue weighted by Crippen LogP contribution is -2.33. The molecule has 21 heavy (non-hydrogen) atoms. The molecule has 1 unspecified atom stereocenters. The number of carbonyl (C=O) groups is 1. The molecule has 0 aliphatic carbocycles. The molecule has 0 saturated carbocycles. The molecule has 118 valence electrons. The maximum absolute atomic E-state index is 12.2. The molecule has 0 fully saturated rings. The average Bonchev–Trinajstić information content (AvgIpc) is 2.36. The summed E-state index contributed by atoms with van der Waals surface area (Å²) in [6.07, 6.45) is 0.402. The van der Waals surface area contributed by atoms with E-state index in [1.165, 1.54) is 12.1 Å². The Bertz CT molecular complexity index is 613. The van der Waals surface area contributed by atoms with Crippen molar-refractivity contribution >= 4 is 27.6 Å². The van der Waals surface area contributed by atoms with E-state index in [4.69, 9.17) is 16.7 Å². The van der Waals surface area contributed by atoms with E-state index < -0.39 is 21.9 Å². The third-order valence-electron chi connectivity index (χ3n) is 3.00. The van der Waals surface area contributed by atoms with E-state index in [0.29, 0.717) is 6.42 Å². The van der Waals surface area contributed by atoms with Crippen molar-refractivity contribution in [2.75, 3.05) is 6.54 Å². The summed E-state index contributed by atoms with van der Waals surface area (Å²) < 4.78 is 26.8. The van der Waals surface area contributed by atoms with Crippen LogP contribution in [0.2, 0.25) is 5.02 Å². The fourth-order valence-corrected chi connectivity index (χ4v) is 3.61. The first-order valence-corrected chi connectivity index (χ1v) is 8.48. The smallest absolute Gasteiger partial charge is 0.307 e. The number of carboxylic acid groups (broad SMARTS) is 1. The monoisotopic (exact) mass is 333 g/mol. The van der Waals surface area contributed by atoms with Gasteiger partial charge in [-0.25, -0.2) is 13.1 Å². The van der Waals surface area contributed by atoms with Crippen molar-refractivity contribution in [2.24, 2.45) is 11.8 Å². The number of hydrogen-bond donors (Lipinski definition) is 2. The van der Waals surface area contributed by atoms with Crippen LogP contribution in [0.15, 0.2) is 23.1 Å². The van der Waals surface area contributed by atoms with Gasteiger partial charge in [-0.15, -0.1) is 0 Å². The minimum atomic E-state index is -3.82. The molecule has 0 radical (unpaired) electrons. The fourth-order valence-electron chi connectivity index (χ4n) is 1.95. The van der Waals surface area contributed by atoms with E-state index in [0.717, 1.165) is 5.56 Å². The molecule has 0 saturated heterocycles. The quantitative estimate of drug-likeness (QED) is 0.803. The first kappa shape index (κ1) is 17.9. The SMILES string of the molecule is Cc1ccc(Cl)c(S(=O)(=O)NCC(CC(C)C)C(=O)O)c1. The van der Waals surface area contributed by atoms with E-state index in [1.54, 1.807) is 13.0 Å². The summed E-state index contributed by atoms with van der Waals surface area (Å²) in [6.45, 7) is 5.39. The van der Waals surface area contributed by atoms with Gasteiger partial charge in [0.15, 0.2) is 0 Å². The fraction of sp³-hybridized carbons (Fsp3) is 0.500. The summed E-state index contributed by atoms with van der Waals surface area (Å²) in [4.78, 5) is 11.1. The molecule has 0 bridgehead atoms. The Hall–Kier alpha value is -1.11. The van der Waals surface area contributed by atoms with E-state index >= 15 is 0 Å². The molecule has 0 spiro atoms. The molecule has 0 aromatic heterocycles. The van der Waals surface area contributed by atoms with E-state index in [1.807, 2.05) is 13.8 Å². The second-order valence-electron chi connectivity index (χ2n) is 5.45. The third kappa shape index (κ3) is 5.30. The summed E-state index contributed by atoms with van der Waals surface area (Å²) in [5, 5.41) is 9.24. The molecule has 0 aliphatic rings. The van der Waals surface area contributed by atoms with Gasteiger partial charge in [0, 0.05) is 6.54 Å². The van der Waals surface area contributed by atoms with E-state index in [-0.39, 0.29) is 22.4 Å². The largest absolute Gasteiger partial charge is 0.481 e. The predicted molar refractivity (Wildman–Crippen MR) is 82.0 cm³/mol. The standard InChI is InChI=1S/C14H20ClNO4S/c1-9(2)6-11(14(17)18)8-16-21(19,20)13-7-10(3)4-5-12(13)15/h4-5,7,9,11,16H,6,8H2,1-3H3,(H,17,18). The minimum absolute atomic E-state index is 0.0298. The summed E-state index contributed by atoms with van der Waals surface area (Å²) in [6, 6.07) is 4.68. The van der Waals surface area contributed by atoms with E-state index in [2.05, 4.69) is 4.72 Å². The van der Waals surface area contributed by atoms with Gasteiger partial charge in [-0.1, -0.05) is 31.5 Å². The molecule has 1 aromatic carbocycles. The molecule has 2 N–H and O–H groups in total. The van der Waals surface area contributed by atoms with Crippen molar-refractivity contribution in [3.8, 4) is 0 Å². The first-order valence-electron chi connectivity index (χ1n) is 6.62. The van der Waals surface area contributed by atoms with Crippen LogP contribution >= 0.6 is 11.6 Å². The van der Waals surface area contributed by atoms with Gasteiger partial charge in [0.1, 0.15) is 4.90 Å². The number of hydrogen-bond acceptors (Lipinski definition) is 3. The van der Waals surface area contributed by atoms with Gasteiger partial charge in [0.2, 0.25) is 10.0 Å². The Morgan fingerprint density at radius 3 is 2.52 bits per heavy atom. The molecule has 5 nitrogen and oxygen atoms in total. The molecular weight excluding hydrogens is 314 g/mol. The van der Waals surface area contributed by atoms with Crippen LogP contribution in [0.3, 0.4) is 0 Å². The van der Waals surface area contributed by atoms with Gasteiger partial charge in [-0.2, -0.15) is 0 Å². The van der Waals surface area contributed by atoms with Crippen LogP contribution in [0.4, 0.5) is 0 Å². The van der Waals surface area contributed by atoms with Crippen molar-refractivity contribution in [2.45, 2.75) is 32.1 Å². The number of benzene rings is 1. The highest BCUT2D eigenvalue weighted by molar-refractivity contribution is 7.89. The highest BCUT2D eigenvalue weighted by Gasteiger charge is 2.24. The van der Waals surface area contributed by atoms with Crippen LogP contribution in [0.5, 0.6) is 0 Å². The van der Waals surface area contributed by atoms with Gasteiger partial charge in [-0.3, -0.25) is 4.79 Å². The van der Waals surface area contributed by atoms with Crippen molar-refractivity contribution < 1.29 is 18.3 Å². The lowest BCUT2D eigenvalue weighted by Gasteiger charge is -2.16. The number of rotatable bonds is 7.